The van der Waals surface area contributed by atoms with Crippen LogP contribution < -0.4 is 14.4 Å². The maximum Gasteiger partial charge on any atom is 0.269 e. The minimum absolute atomic E-state index is 0.0116. The van der Waals surface area contributed by atoms with Crippen LogP contribution in [0.4, 0.5) is 5.69 Å². The minimum atomic E-state index is -0.775. The quantitative estimate of drug-likeness (QED) is 0.446. The fourth-order valence-electron chi connectivity index (χ4n) is 4.57. The number of aliphatic hydroxyl groups is 1. The lowest BCUT2D eigenvalue weighted by molar-refractivity contribution is -0.0343. The smallest absolute Gasteiger partial charge is 0.269 e. The number of carbonyl (C=O) groups excluding carboxylic acids is 1. The number of ether oxygens (including phenoxy) is 2. The molecule has 0 atom stereocenters. The molecule has 0 bridgehead atoms. The molecule has 1 amide bonds. The second-order valence-corrected chi connectivity index (χ2v) is 10.3. The Morgan fingerprint density at radius 1 is 1.06 bits per heavy atom. The highest BCUT2D eigenvalue weighted by atomic mass is 35.5. The van der Waals surface area contributed by atoms with Crippen molar-refractivity contribution in [2.75, 3.05) is 18.6 Å². The minimum Gasteiger partial charge on any atom is -0.493 e. The van der Waals surface area contributed by atoms with Gasteiger partial charge in [-0.15, -0.1) is 11.3 Å². The molecule has 2 aromatic carbocycles. The average Bonchev–Trinajstić information content (AvgIpc) is 3.38. The summed E-state index contributed by atoms with van der Waals surface area (Å²) in [5, 5.41) is 11.4. The number of benzene rings is 2. The Kier molecular flexibility index (Phi) is 6.08. The fourth-order valence-corrected chi connectivity index (χ4v) is 5.82. The van der Waals surface area contributed by atoms with Gasteiger partial charge in [0.2, 0.25) is 0 Å². The van der Waals surface area contributed by atoms with E-state index >= 15 is 0 Å². The molecule has 1 aromatic heterocycles. The third-order valence-corrected chi connectivity index (χ3v) is 7.91. The molecule has 1 aliphatic heterocycles. The Hall–Kier alpha value is -2.54. The molecule has 0 radical (unpaired) electrons. The maximum absolute atomic E-state index is 13.2. The Labute approximate surface area is 202 Å². The van der Waals surface area contributed by atoms with Gasteiger partial charge in [-0.25, -0.2) is 0 Å². The van der Waals surface area contributed by atoms with Gasteiger partial charge in [0.05, 0.1) is 24.1 Å². The van der Waals surface area contributed by atoms with Gasteiger partial charge in [0.1, 0.15) is 6.61 Å². The number of nitrogens with zero attached hydrogens (tertiary/aromatic N) is 1. The molecule has 2 aliphatic rings. The summed E-state index contributed by atoms with van der Waals surface area (Å²) in [6, 6.07) is 15.3. The van der Waals surface area contributed by atoms with E-state index in [1.54, 1.807) is 12.0 Å². The molecule has 0 saturated heterocycles. The molecular formula is C26H26ClNO4S. The number of carbonyl (C=O) groups is 1. The second kappa shape index (κ2) is 9.01. The van der Waals surface area contributed by atoms with Crippen molar-refractivity contribution in [1.82, 2.24) is 0 Å². The van der Waals surface area contributed by atoms with Crippen molar-refractivity contribution in [3.05, 3.63) is 64.0 Å². The van der Waals surface area contributed by atoms with E-state index in [1.807, 2.05) is 42.5 Å². The van der Waals surface area contributed by atoms with Crippen molar-refractivity contribution in [3.8, 4) is 21.9 Å². The molecule has 7 heteroatoms. The van der Waals surface area contributed by atoms with Gasteiger partial charge in [-0.1, -0.05) is 43.0 Å². The summed E-state index contributed by atoms with van der Waals surface area (Å²) >= 11 is 7.50. The normalized spacial score (nSPS) is 17.2. The van der Waals surface area contributed by atoms with Gasteiger partial charge in [0.25, 0.3) is 5.91 Å². The summed E-state index contributed by atoms with van der Waals surface area (Å²) in [5.74, 6) is 1.12. The van der Waals surface area contributed by atoms with E-state index in [4.69, 9.17) is 21.1 Å². The lowest BCUT2D eigenvalue weighted by Crippen LogP contribution is -2.37. The van der Waals surface area contributed by atoms with Crippen LogP contribution in [0, 0.1) is 0 Å². The number of hydrogen-bond acceptors (Lipinski definition) is 5. The van der Waals surface area contributed by atoms with Crippen molar-refractivity contribution in [3.63, 3.8) is 0 Å². The Morgan fingerprint density at radius 3 is 2.52 bits per heavy atom. The van der Waals surface area contributed by atoms with Crippen LogP contribution >= 0.6 is 22.9 Å². The van der Waals surface area contributed by atoms with E-state index in [0.29, 0.717) is 23.1 Å². The number of rotatable bonds is 6. The van der Waals surface area contributed by atoms with E-state index in [1.165, 1.54) is 11.3 Å². The van der Waals surface area contributed by atoms with Crippen LogP contribution in [0.15, 0.2) is 48.5 Å². The topological polar surface area (TPSA) is 59.0 Å². The lowest BCUT2D eigenvalue weighted by atomic mass is 9.85. The summed E-state index contributed by atoms with van der Waals surface area (Å²) in [5.41, 5.74) is 2.06. The van der Waals surface area contributed by atoms with Gasteiger partial charge in [0.15, 0.2) is 11.5 Å². The summed E-state index contributed by atoms with van der Waals surface area (Å²) in [6.45, 7) is 0.761. The van der Waals surface area contributed by atoms with Crippen molar-refractivity contribution >= 4 is 34.5 Å². The zero-order chi connectivity index (χ0) is 23.0. The number of anilines is 1. The molecule has 172 valence electrons. The van der Waals surface area contributed by atoms with Crippen LogP contribution in [-0.4, -0.2) is 30.3 Å². The first kappa shape index (κ1) is 22.3. The molecule has 1 aliphatic carbocycles. The van der Waals surface area contributed by atoms with Crippen molar-refractivity contribution in [1.29, 1.82) is 0 Å². The van der Waals surface area contributed by atoms with Crippen LogP contribution in [0.1, 0.15) is 47.3 Å². The number of halogens is 1. The average molecular weight is 484 g/mol. The van der Waals surface area contributed by atoms with E-state index < -0.39 is 5.60 Å². The predicted octanol–water partition coefficient (Wildman–Crippen LogP) is 6.31. The molecule has 5 nitrogen and oxygen atoms in total. The first-order valence-electron chi connectivity index (χ1n) is 11.2. The van der Waals surface area contributed by atoms with Crippen molar-refractivity contribution in [2.24, 2.45) is 0 Å². The highest BCUT2D eigenvalue weighted by molar-refractivity contribution is 7.17. The second-order valence-electron chi connectivity index (χ2n) is 8.77. The SMILES string of the molecule is COc1cc(N2Cc3cc(-c4ccc(Cl)cc4)sc3C2=O)ccc1OCC1(O)CCCCC1. The van der Waals surface area contributed by atoms with Crippen molar-refractivity contribution < 1.29 is 19.4 Å². The van der Waals surface area contributed by atoms with Gasteiger partial charge < -0.3 is 19.5 Å². The standard InChI is InChI=1S/C26H26ClNO4S/c1-31-22-14-20(9-10-21(22)32-16-26(30)11-3-2-4-12-26)28-15-18-13-23(33-24(18)25(28)29)17-5-7-19(27)8-6-17/h5-10,13-14,30H,2-4,11-12,15-16H2,1H3. The molecule has 33 heavy (non-hydrogen) atoms. The largest absolute Gasteiger partial charge is 0.493 e. The molecule has 5 rings (SSSR count). The molecule has 1 saturated carbocycles. The van der Waals surface area contributed by atoms with E-state index in [9.17, 15) is 9.90 Å². The monoisotopic (exact) mass is 483 g/mol. The third kappa shape index (κ3) is 4.47. The number of amides is 1. The van der Waals surface area contributed by atoms with E-state index in [0.717, 1.165) is 58.7 Å². The Bertz CT molecular complexity index is 1170. The molecule has 0 unspecified atom stereocenters. The molecule has 0 spiro atoms. The molecule has 1 N–H and O–H groups in total. The summed E-state index contributed by atoms with van der Waals surface area (Å²) in [4.78, 5) is 16.7. The summed E-state index contributed by atoms with van der Waals surface area (Å²) < 4.78 is 11.5. The number of thiophene rings is 1. The van der Waals surface area contributed by atoms with Crippen LogP contribution in [0.5, 0.6) is 11.5 Å². The first-order chi connectivity index (χ1) is 16.0. The van der Waals surface area contributed by atoms with Gasteiger partial charge in [-0.3, -0.25) is 4.79 Å². The Balaban J connectivity index is 1.32. The maximum atomic E-state index is 13.2. The lowest BCUT2D eigenvalue weighted by Gasteiger charge is -2.32. The zero-order valence-electron chi connectivity index (χ0n) is 18.5. The van der Waals surface area contributed by atoms with E-state index in [2.05, 4.69) is 6.07 Å². The van der Waals surface area contributed by atoms with Crippen LogP contribution in [0.25, 0.3) is 10.4 Å². The van der Waals surface area contributed by atoms with Gasteiger partial charge in [-0.2, -0.15) is 0 Å². The molecular weight excluding hydrogens is 458 g/mol. The Morgan fingerprint density at radius 2 is 1.82 bits per heavy atom. The van der Waals surface area contributed by atoms with Crippen LogP contribution in [-0.2, 0) is 6.54 Å². The predicted molar refractivity (Wildman–Crippen MR) is 132 cm³/mol. The van der Waals surface area contributed by atoms with Gasteiger partial charge in [-0.05, 0) is 54.3 Å². The van der Waals surface area contributed by atoms with Crippen molar-refractivity contribution in [2.45, 2.75) is 44.2 Å². The molecule has 2 heterocycles. The summed E-state index contributed by atoms with van der Waals surface area (Å²) in [6.07, 6.45) is 4.73. The number of fused-ring (bicyclic) bond motifs is 1. The zero-order valence-corrected chi connectivity index (χ0v) is 20.0. The fraction of sp³-hybridized carbons (Fsp3) is 0.346. The first-order valence-corrected chi connectivity index (χ1v) is 12.4. The number of hydrogen-bond donors (Lipinski definition) is 1. The molecule has 3 aromatic rings. The summed E-state index contributed by atoms with van der Waals surface area (Å²) in [7, 11) is 1.59. The van der Waals surface area contributed by atoms with Gasteiger partial charge in [0, 0.05) is 21.7 Å². The van der Waals surface area contributed by atoms with Gasteiger partial charge >= 0.3 is 0 Å². The third-order valence-electron chi connectivity index (χ3n) is 6.45. The van der Waals surface area contributed by atoms with E-state index in [-0.39, 0.29) is 12.5 Å². The van der Waals surface area contributed by atoms with Crippen LogP contribution in [0.2, 0.25) is 5.02 Å². The highest BCUT2D eigenvalue weighted by Gasteiger charge is 2.33. The highest BCUT2D eigenvalue weighted by Crippen LogP contribution is 2.41. The van der Waals surface area contributed by atoms with Crippen LogP contribution in [0.3, 0.4) is 0 Å². The molecule has 1 fully saturated rings. The number of methoxy groups -OCH3 is 1.